The summed E-state index contributed by atoms with van der Waals surface area (Å²) in [6, 6.07) is 15.7. The van der Waals surface area contributed by atoms with Crippen LogP contribution in [0.2, 0.25) is 10.0 Å². The van der Waals surface area contributed by atoms with Gasteiger partial charge in [-0.15, -0.1) is 0 Å². The predicted octanol–water partition coefficient (Wildman–Crippen LogP) is 5.15. The molecule has 0 saturated carbocycles. The van der Waals surface area contributed by atoms with Gasteiger partial charge in [-0.25, -0.2) is 8.42 Å². The first-order chi connectivity index (χ1) is 15.7. The number of hydrogen-bond donors (Lipinski definition) is 1. The number of sulfonamides is 1. The lowest BCUT2D eigenvalue weighted by Gasteiger charge is -2.26. The van der Waals surface area contributed by atoms with Crippen molar-refractivity contribution < 1.29 is 22.7 Å². The van der Waals surface area contributed by atoms with Gasteiger partial charge in [0.25, 0.3) is 10.0 Å². The average Bonchev–Trinajstić information content (AvgIpc) is 2.80. The maximum Gasteiger partial charge on any atom is 0.264 e. The Hall–Kier alpha value is -2.94. The van der Waals surface area contributed by atoms with Gasteiger partial charge in [-0.05, 0) is 43.3 Å². The van der Waals surface area contributed by atoms with Gasteiger partial charge >= 0.3 is 0 Å². The third kappa shape index (κ3) is 5.52. The van der Waals surface area contributed by atoms with Crippen LogP contribution in [0.4, 0.5) is 11.4 Å². The molecule has 3 aromatic carbocycles. The van der Waals surface area contributed by atoms with Crippen LogP contribution in [0.15, 0.2) is 65.6 Å². The van der Waals surface area contributed by atoms with Crippen LogP contribution in [0.5, 0.6) is 11.5 Å². The SMILES string of the molecule is COc1ccc(N(CC(=O)Nc2cccc(Cl)c2Cl)S(=O)(=O)c2ccc(C)cc2)c(OC)c1. The third-order valence-electron chi connectivity index (χ3n) is 4.78. The van der Waals surface area contributed by atoms with Gasteiger partial charge in [0, 0.05) is 6.07 Å². The van der Waals surface area contributed by atoms with Crippen LogP contribution in [0.3, 0.4) is 0 Å². The molecule has 0 aliphatic rings. The van der Waals surface area contributed by atoms with Crippen molar-refractivity contribution >= 4 is 50.5 Å². The number of nitrogens with zero attached hydrogens (tertiary/aromatic N) is 1. The van der Waals surface area contributed by atoms with Crippen molar-refractivity contribution in [3.05, 3.63) is 76.3 Å². The molecule has 3 aromatic rings. The number of hydrogen-bond acceptors (Lipinski definition) is 5. The molecule has 0 aliphatic heterocycles. The largest absolute Gasteiger partial charge is 0.497 e. The zero-order chi connectivity index (χ0) is 24.2. The Morgan fingerprint density at radius 1 is 1.00 bits per heavy atom. The second-order valence-electron chi connectivity index (χ2n) is 7.01. The maximum atomic E-state index is 13.6. The molecule has 0 unspecified atom stereocenters. The molecule has 0 spiro atoms. The Balaban J connectivity index is 2.05. The van der Waals surface area contributed by atoms with E-state index in [1.165, 1.54) is 32.4 Å². The zero-order valence-electron chi connectivity index (χ0n) is 18.1. The molecule has 0 aromatic heterocycles. The van der Waals surface area contributed by atoms with Crippen LogP contribution in [0.1, 0.15) is 5.56 Å². The molecule has 0 bridgehead atoms. The molecule has 0 atom stereocenters. The lowest BCUT2D eigenvalue weighted by Crippen LogP contribution is -2.38. The second-order valence-corrected chi connectivity index (χ2v) is 9.66. The second kappa shape index (κ2) is 10.3. The van der Waals surface area contributed by atoms with E-state index in [-0.39, 0.29) is 32.1 Å². The van der Waals surface area contributed by atoms with E-state index in [2.05, 4.69) is 5.32 Å². The summed E-state index contributed by atoms with van der Waals surface area (Å²) >= 11 is 12.2. The molecule has 33 heavy (non-hydrogen) atoms. The molecule has 0 aliphatic carbocycles. The molecule has 7 nitrogen and oxygen atoms in total. The first kappa shape index (κ1) is 24.7. The summed E-state index contributed by atoms with van der Waals surface area (Å²) in [5, 5.41) is 3.03. The Morgan fingerprint density at radius 2 is 1.70 bits per heavy atom. The molecule has 1 N–H and O–H groups in total. The number of anilines is 2. The molecular weight excluding hydrogens is 487 g/mol. The number of methoxy groups -OCH3 is 2. The highest BCUT2D eigenvalue weighted by Gasteiger charge is 2.30. The van der Waals surface area contributed by atoms with Crippen molar-refractivity contribution in [2.75, 3.05) is 30.4 Å². The molecule has 0 fully saturated rings. The highest BCUT2D eigenvalue weighted by molar-refractivity contribution is 7.92. The molecule has 3 rings (SSSR count). The van der Waals surface area contributed by atoms with Crippen molar-refractivity contribution in [2.24, 2.45) is 0 Å². The van der Waals surface area contributed by atoms with Gasteiger partial charge in [0.1, 0.15) is 18.0 Å². The number of amides is 1. The summed E-state index contributed by atoms with van der Waals surface area (Å²) in [5.41, 5.74) is 1.34. The zero-order valence-corrected chi connectivity index (χ0v) is 20.5. The van der Waals surface area contributed by atoms with E-state index in [1.807, 2.05) is 6.92 Å². The first-order valence-corrected chi connectivity index (χ1v) is 11.9. The Labute approximate surface area is 202 Å². The molecule has 10 heteroatoms. The smallest absolute Gasteiger partial charge is 0.264 e. The number of aryl methyl sites for hydroxylation is 1. The summed E-state index contributed by atoms with van der Waals surface area (Å²) in [4.78, 5) is 13.0. The van der Waals surface area contributed by atoms with Crippen molar-refractivity contribution in [3.8, 4) is 11.5 Å². The van der Waals surface area contributed by atoms with E-state index >= 15 is 0 Å². The van der Waals surface area contributed by atoms with E-state index in [0.717, 1.165) is 9.87 Å². The fourth-order valence-electron chi connectivity index (χ4n) is 3.05. The maximum absolute atomic E-state index is 13.6. The Bertz CT molecular complexity index is 1260. The standard InChI is InChI=1S/C23H22Cl2N2O5S/c1-15-7-10-17(11-8-15)33(29,30)27(20-12-9-16(31-2)13-21(20)32-3)14-22(28)26-19-6-4-5-18(24)23(19)25/h4-13H,14H2,1-3H3,(H,26,28). The normalized spacial score (nSPS) is 11.1. The number of rotatable bonds is 8. The summed E-state index contributed by atoms with van der Waals surface area (Å²) in [7, 11) is -1.25. The Kier molecular flexibility index (Phi) is 7.73. The van der Waals surface area contributed by atoms with Gasteiger partial charge in [0.05, 0.1) is 40.5 Å². The van der Waals surface area contributed by atoms with Crippen LogP contribution in [-0.2, 0) is 14.8 Å². The number of nitrogens with one attached hydrogen (secondary N) is 1. The number of carbonyl (C=O) groups excluding carboxylic acids is 1. The number of ether oxygens (including phenoxy) is 2. The predicted molar refractivity (Wildman–Crippen MR) is 130 cm³/mol. The van der Waals surface area contributed by atoms with Gasteiger partial charge in [0.2, 0.25) is 5.91 Å². The molecule has 174 valence electrons. The van der Waals surface area contributed by atoms with E-state index in [9.17, 15) is 13.2 Å². The van der Waals surface area contributed by atoms with Gasteiger partial charge in [0.15, 0.2) is 0 Å². The fourth-order valence-corrected chi connectivity index (χ4v) is 4.83. The minimum atomic E-state index is -4.14. The fraction of sp³-hybridized carbons (Fsp3) is 0.174. The molecule has 0 saturated heterocycles. The van der Waals surface area contributed by atoms with Crippen LogP contribution in [0.25, 0.3) is 0 Å². The number of benzene rings is 3. The summed E-state index contributed by atoms with van der Waals surface area (Å²) in [6.07, 6.45) is 0. The van der Waals surface area contributed by atoms with E-state index in [1.54, 1.807) is 42.5 Å². The van der Waals surface area contributed by atoms with Gasteiger partial charge in [-0.2, -0.15) is 0 Å². The highest BCUT2D eigenvalue weighted by atomic mass is 35.5. The van der Waals surface area contributed by atoms with Crippen molar-refractivity contribution in [1.29, 1.82) is 0 Å². The molecule has 0 heterocycles. The number of carbonyl (C=O) groups is 1. The molecular formula is C23H22Cl2N2O5S. The van der Waals surface area contributed by atoms with Gasteiger partial charge in [-0.3, -0.25) is 9.10 Å². The molecule has 0 radical (unpaired) electrons. The Morgan fingerprint density at radius 3 is 2.33 bits per heavy atom. The van der Waals surface area contributed by atoms with E-state index in [4.69, 9.17) is 32.7 Å². The van der Waals surface area contributed by atoms with Gasteiger partial charge in [-0.1, -0.05) is 47.0 Å². The monoisotopic (exact) mass is 508 g/mol. The highest BCUT2D eigenvalue weighted by Crippen LogP contribution is 2.36. The third-order valence-corrected chi connectivity index (χ3v) is 7.37. The first-order valence-electron chi connectivity index (χ1n) is 9.72. The van der Waals surface area contributed by atoms with Crippen LogP contribution in [-0.4, -0.2) is 35.1 Å². The minimum Gasteiger partial charge on any atom is -0.497 e. The topological polar surface area (TPSA) is 84.9 Å². The summed E-state index contributed by atoms with van der Waals surface area (Å²) in [5.74, 6) is 0.0739. The van der Waals surface area contributed by atoms with E-state index < -0.39 is 22.5 Å². The summed E-state index contributed by atoms with van der Waals surface area (Å²) in [6.45, 7) is 1.31. The van der Waals surface area contributed by atoms with Crippen LogP contribution in [0, 0.1) is 6.92 Å². The lowest BCUT2D eigenvalue weighted by molar-refractivity contribution is -0.114. The van der Waals surface area contributed by atoms with Gasteiger partial charge < -0.3 is 14.8 Å². The van der Waals surface area contributed by atoms with Crippen LogP contribution < -0.4 is 19.1 Å². The minimum absolute atomic E-state index is 0.0274. The van der Waals surface area contributed by atoms with Crippen LogP contribution >= 0.6 is 23.2 Å². The molecule has 1 amide bonds. The quantitative estimate of drug-likeness (QED) is 0.454. The van der Waals surface area contributed by atoms with Crippen molar-refractivity contribution in [1.82, 2.24) is 0 Å². The number of halogens is 2. The average molecular weight is 509 g/mol. The van der Waals surface area contributed by atoms with Crippen molar-refractivity contribution in [3.63, 3.8) is 0 Å². The lowest BCUT2D eigenvalue weighted by atomic mass is 10.2. The van der Waals surface area contributed by atoms with E-state index in [0.29, 0.717) is 5.75 Å². The van der Waals surface area contributed by atoms with Crippen molar-refractivity contribution in [2.45, 2.75) is 11.8 Å². The summed E-state index contributed by atoms with van der Waals surface area (Å²) < 4.78 is 38.8.